The number of anilines is 1. The zero-order valence-corrected chi connectivity index (χ0v) is 13.6. The number of nitrogens with one attached hydrogen (secondary N) is 1. The number of hydrogen-bond acceptors (Lipinski definition) is 5. The predicted octanol–water partition coefficient (Wildman–Crippen LogP) is 3.29. The molecule has 7 nitrogen and oxygen atoms in total. The van der Waals surface area contributed by atoms with E-state index < -0.39 is 29.2 Å². The van der Waals surface area contributed by atoms with E-state index in [1.807, 2.05) is 0 Å². The van der Waals surface area contributed by atoms with Crippen molar-refractivity contribution in [3.63, 3.8) is 0 Å². The molecule has 0 aliphatic heterocycles. The van der Waals surface area contributed by atoms with Gasteiger partial charge in [-0.1, -0.05) is 22.0 Å². The van der Waals surface area contributed by atoms with Crippen LogP contribution in [0.5, 0.6) is 0 Å². The summed E-state index contributed by atoms with van der Waals surface area (Å²) < 4.78 is 18.8. The summed E-state index contributed by atoms with van der Waals surface area (Å²) in [5, 5.41) is 13.0. The van der Waals surface area contributed by atoms with Gasteiger partial charge in [-0.3, -0.25) is 14.9 Å². The second-order valence-electron chi connectivity index (χ2n) is 4.56. The molecule has 2 aromatic carbocycles. The van der Waals surface area contributed by atoms with Crippen LogP contribution in [0.25, 0.3) is 0 Å². The van der Waals surface area contributed by atoms with Crippen molar-refractivity contribution in [2.24, 2.45) is 0 Å². The second-order valence-corrected chi connectivity index (χ2v) is 5.47. The van der Waals surface area contributed by atoms with Gasteiger partial charge in [0.2, 0.25) is 0 Å². The summed E-state index contributed by atoms with van der Waals surface area (Å²) in [7, 11) is 0. The Kier molecular flexibility index (Phi) is 5.59. The van der Waals surface area contributed by atoms with Crippen molar-refractivity contribution in [2.45, 2.75) is 0 Å². The van der Waals surface area contributed by atoms with Crippen LogP contribution >= 0.6 is 15.9 Å². The van der Waals surface area contributed by atoms with Crippen molar-refractivity contribution in [3.8, 4) is 0 Å². The van der Waals surface area contributed by atoms with Crippen LogP contribution in [0.15, 0.2) is 46.9 Å². The fourth-order valence-corrected chi connectivity index (χ4v) is 2.09. The molecule has 2 aromatic rings. The minimum Gasteiger partial charge on any atom is -0.452 e. The van der Waals surface area contributed by atoms with E-state index in [0.717, 1.165) is 12.1 Å². The lowest BCUT2D eigenvalue weighted by Gasteiger charge is -2.07. The van der Waals surface area contributed by atoms with Crippen molar-refractivity contribution in [2.75, 3.05) is 11.9 Å². The third kappa shape index (κ3) is 4.59. The number of carbonyl (C=O) groups is 2. The van der Waals surface area contributed by atoms with Gasteiger partial charge in [0.15, 0.2) is 6.61 Å². The van der Waals surface area contributed by atoms with Gasteiger partial charge < -0.3 is 10.1 Å². The van der Waals surface area contributed by atoms with Crippen LogP contribution in [0.3, 0.4) is 0 Å². The number of amides is 1. The lowest BCUT2D eigenvalue weighted by Crippen LogP contribution is -2.21. The lowest BCUT2D eigenvalue weighted by atomic mass is 10.2. The highest BCUT2D eigenvalue weighted by atomic mass is 79.9. The Hall–Kier alpha value is -2.81. The Morgan fingerprint density at radius 2 is 2.00 bits per heavy atom. The number of nitro groups is 1. The standard InChI is InChI=1S/C15H10BrFN2O5/c16-9-4-5-12(13(17)6-9)15(21)24-8-14(20)18-10-2-1-3-11(7-10)19(22)23/h1-7H,8H2,(H,18,20). The number of carbonyl (C=O) groups excluding carboxylic acids is 2. The summed E-state index contributed by atoms with van der Waals surface area (Å²) in [5.41, 5.74) is -0.317. The molecule has 0 heterocycles. The second kappa shape index (κ2) is 7.64. The van der Waals surface area contributed by atoms with Crippen molar-refractivity contribution in [1.82, 2.24) is 0 Å². The van der Waals surface area contributed by atoms with Gasteiger partial charge in [0.1, 0.15) is 5.82 Å². The monoisotopic (exact) mass is 396 g/mol. The molecule has 0 unspecified atom stereocenters. The van der Waals surface area contributed by atoms with Gasteiger partial charge in [-0.05, 0) is 24.3 Å². The number of ether oxygens (including phenoxy) is 1. The number of nitrogens with zero attached hydrogens (tertiary/aromatic N) is 1. The summed E-state index contributed by atoms with van der Waals surface area (Å²) in [6.45, 7) is -0.656. The van der Waals surface area contributed by atoms with Crippen LogP contribution in [0, 0.1) is 15.9 Å². The Labute approximate surface area is 143 Å². The van der Waals surface area contributed by atoms with Crippen molar-refractivity contribution in [1.29, 1.82) is 0 Å². The Morgan fingerprint density at radius 3 is 2.67 bits per heavy atom. The van der Waals surface area contributed by atoms with E-state index >= 15 is 0 Å². The fraction of sp³-hybridized carbons (Fsp3) is 0.0667. The molecule has 0 fully saturated rings. The lowest BCUT2D eigenvalue weighted by molar-refractivity contribution is -0.384. The first-order chi connectivity index (χ1) is 11.4. The number of esters is 1. The Bertz CT molecular complexity index is 812. The van der Waals surface area contributed by atoms with Crippen molar-refractivity contribution < 1.29 is 23.6 Å². The number of halogens is 2. The van der Waals surface area contributed by atoms with Gasteiger partial charge in [-0.2, -0.15) is 0 Å². The molecular formula is C15H10BrFN2O5. The minimum absolute atomic E-state index is 0.181. The third-order valence-corrected chi connectivity index (χ3v) is 3.32. The van der Waals surface area contributed by atoms with Crippen molar-refractivity contribution >= 4 is 39.2 Å². The minimum atomic E-state index is -0.991. The number of rotatable bonds is 5. The van der Waals surface area contributed by atoms with Crippen LogP contribution in [-0.4, -0.2) is 23.4 Å². The molecule has 0 saturated carbocycles. The third-order valence-electron chi connectivity index (χ3n) is 2.83. The maximum absolute atomic E-state index is 13.6. The van der Waals surface area contributed by atoms with E-state index in [2.05, 4.69) is 21.2 Å². The molecule has 0 saturated heterocycles. The van der Waals surface area contributed by atoms with E-state index in [1.54, 1.807) is 0 Å². The Morgan fingerprint density at radius 1 is 1.25 bits per heavy atom. The topological polar surface area (TPSA) is 98.5 Å². The number of hydrogen-bond donors (Lipinski definition) is 1. The zero-order valence-electron chi connectivity index (χ0n) is 12.0. The highest BCUT2D eigenvalue weighted by molar-refractivity contribution is 9.10. The highest BCUT2D eigenvalue weighted by Gasteiger charge is 2.15. The highest BCUT2D eigenvalue weighted by Crippen LogP contribution is 2.18. The molecule has 2 rings (SSSR count). The average Bonchev–Trinajstić information content (AvgIpc) is 2.53. The average molecular weight is 397 g/mol. The SMILES string of the molecule is O=C(COC(=O)c1ccc(Br)cc1F)Nc1cccc([N+](=O)[O-])c1. The number of benzene rings is 2. The fourth-order valence-electron chi connectivity index (χ4n) is 1.76. The van der Waals surface area contributed by atoms with Gasteiger partial charge in [-0.25, -0.2) is 9.18 Å². The molecule has 124 valence electrons. The van der Waals surface area contributed by atoms with E-state index in [9.17, 15) is 24.1 Å². The van der Waals surface area contributed by atoms with E-state index in [-0.39, 0.29) is 16.9 Å². The molecule has 1 N–H and O–H groups in total. The molecule has 0 radical (unpaired) electrons. The molecule has 0 bridgehead atoms. The first kappa shape index (κ1) is 17.5. The normalized spacial score (nSPS) is 10.1. The maximum atomic E-state index is 13.6. The summed E-state index contributed by atoms with van der Waals surface area (Å²) in [6, 6.07) is 9.06. The smallest absolute Gasteiger partial charge is 0.341 e. The van der Waals surface area contributed by atoms with Crippen LogP contribution in [0.4, 0.5) is 15.8 Å². The van der Waals surface area contributed by atoms with Crippen LogP contribution < -0.4 is 5.32 Å². The predicted molar refractivity (Wildman–Crippen MR) is 86.1 cm³/mol. The number of non-ortho nitro benzene ring substituents is 1. The Balaban J connectivity index is 1.94. The molecule has 0 atom stereocenters. The van der Waals surface area contributed by atoms with Crippen LogP contribution in [0.1, 0.15) is 10.4 Å². The summed E-state index contributed by atoms with van der Waals surface area (Å²) in [5.74, 6) is -2.48. The van der Waals surface area contributed by atoms with E-state index in [0.29, 0.717) is 4.47 Å². The van der Waals surface area contributed by atoms with Crippen molar-refractivity contribution in [3.05, 3.63) is 68.4 Å². The summed E-state index contributed by atoms with van der Waals surface area (Å²) >= 11 is 3.06. The molecule has 24 heavy (non-hydrogen) atoms. The molecule has 9 heteroatoms. The van der Waals surface area contributed by atoms with Gasteiger partial charge in [0.05, 0.1) is 10.5 Å². The first-order valence-corrected chi connectivity index (χ1v) is 7.32. The number of nitro benzene ring substituents is 1. The van der Waals surface area contributed by atoms with Gasteiger partial charge in [0.25, 0.3) is 11.6 Å². The van der Waals surface area contributed by atoms with Crippen LogP contribution in [-0.2, 0) is 9.53 Å². The quantitative estimate of drug-likeness (QED) is 0.474. The molecule has 1 amide bonds. The van der Waals surface area contributed by atoms with E-state index in [1.165, 1.54) is 30.3 Å². The first-order valence-electron chi connectivity index (χ1n) is 6.53. The zero-order chi connectivity index (χ0) is 17.7. The largest absolute Gasteiger partial charge is 0.452 e. The summed E-state index contributed by atoms with van der Waals surface area (Å²) in [4.78, 5) is 33.5. The maximum Gasteiger partial charge on any atom is 0.341 e. The molecule has 0 aromatic heterocycles. The van der Waals surface area contributed by atoms with Crippen LogP contribution in [0.2, 0.25) is 0 Å². The molecule has 0 aliphatic rings. The van der Waals surface area contributed by atoms with Gasteiger partial charge in [0, 0.05) is 22.3 Å². The molecular weight excluding hydrogens is 387 g/mol. The van der Waals surface area contributed by atoms with Gasteiger partial charge >= 0.3 is 5.97 Å². The van der Waals surface area contributed by atoms with E-state index in [4.69, 9.17) is 4.74 Å². The summed E-state index contributed by atoms with van der Waals surface area (Å²) in [6.07, 6.45) is 0. The molecule has 0 spiro atoms. The van der Waals surface area contributed by atoms with Gasteiger partial charge in [-0.15, -0.1) is 0 Å². The molecule has 0 aliphatic carbocycles.